The average Bonchev–Trinajstić information content (AvgIpc) is 2.41. The Morgan fingerprint density at radius 3 is 2.74 bits per heavy atom. The van der Waals surface area contributed by atoms with Gasteiger partial charge >= 0.3 is 0 Å². The van der Waals surface area contributed by atoms with Gasteiger partial charge in [0.15, 0.2) is 0 Å². The van der Waals surface area contributed by atoms with Crippen LogP contribution in [0.4, 0.5) is 11.4 Å². The maximum Gasteiger partial charge on any atom is 0.119 e. The molecule has 0 fully saturated rings. The Labute approximate surface area is 118 Å². The maximum absolute atomic E-state index is 6.01. The van der Waals surface area contributed by atoms with Crippen molar-refractivity contribution in [3.05, 3.63) is 53.1 Å². The molecule has 0 atom stereocenters. The first-order valence-corrected chi connectivity index (χ1v) is 6.37. The van der Waals surface area contributed by atoms with Crippen molar-refractivity contribution in [3.8, 4) is 5.75 Å². The molecule has 0 unspecified atom stereocenters. The van der Waals surface area contributed by atoms with Gasteiger partial charge in [-0.2, -0.15) is 0 Å². The molecule has 3 nitrogen and oxygen atoms in total. The van der Waals surface area contributed by atoms with Crippen LogP contribution in [-0.4, -0.2) is 14.2 Å². The van der Waals surface area contributed by atoms with Crippen LogP contribution >= 0.6 is 11.6 Å². The number of nitrogens with two attached hydrogens (primary N) is 1. The van der Waals surface area contributed by atoms with Gasteiger partial charge in [-0.15, -0.1) is 0 Å². The summed E-state index contributed by atoms with van der Waals surface area (Å²) in [5, 5.41) is 0.682. The van der Waals surface area contributed by atoms with Crippen molar-refractivity contribution in [2.24, 2.45) is 0 Å². The van der Waals surface area contributed by atoms with Crippen LogP contribution in [0.15, 0.2) is 42.5 Å². The minimum Gasteiger partial charge on any atom is -0.497 e. The third kappa shape index (κ3) is 3.32. The highest BCUT2D eigenvalue weighted by Gasteiger charge is 2.07. The third-order valence-electron chi connectivity index (χ3n) is 2.96. The summed E-state index contributed by atoms with van der Waals surface area (Å²) in [7, 11) is 3.65. The van der Waals surface area contributed by atoms with Gasteiger partial charge in [0.2, 0.25) is 0 Å². The second-order valence-electron chi connectivity index (χ2n) is 4.41. The van der Waals surface area contributed by atoms with E-state index >= 15 is 0 Å². The Kier molecular flexibility index (Phi) is 4.17. The first-order valence-electron chi connectivity index (χ1n) is 5.99. The zero-order valence-corrected chi connectivity index (χ0v) is 11.8. The summed E-state index contributed by atoms with van der Waals surface area (Å²) < 4.78 is 5.22. The van der Waals surface area contributed by atoms with Crippen molar-refractivity contribution in [1.82, 2.24) is 0 Å². The number of methoxy groups -OCH3 is 1. The summed E-state index contributed by atoms with van der Waals surface area (Å²) in [6.45, 7) is 0.738. The lowest BCUT2D eigenvalue weighted by molar-refractivity contribution is 0.414. The molecular weight excluding hydrogens is 260 g/mol. The molecule has 19 heavy (non-hydrogen) atoms. The molecule has 0 heterocycles. The van der Waals surface area contributed by atoms with E-state index in [2.05, 4.69) is 11.0 Å². The van der Waals surface area contributed by atoms with Crippen molar-refractivity contribution in [2.75, 3.05) is 24.8 Å². The Bertz CT molecular complexity index is 572. The van der Waals surface area contributed by atoms with Crippen LogP contribution in [0.5, 0.6) is 5.75 Å². The predicted molar refractivity (Wildman–Crippen MR) is 81.0 cm³/mol. The zero-order valence-electron chi connectivity index (χ0n) is 11.1. The summed E-state index contributed by atoms with van der Waals surface area (Å²) in [4.78, 5) is 2.07. The molecule has 2 aromatic rings. The molecule has 100 valence electrons. The fourth-order valence-electron chi connectivity index (χ4n) is 1.98. The molecule has 2 N–H and O–H groups in total. The molecular formula is C15H17ClN2O. The summed E-state index contributed by atoms with van der Waals surface area (Å²) in [6.07, 6.45) is 0. The highest BCUT2D eigenvalue weighted by atomic mass is 35.5. The molecule has 2 rings (SSSR count). The molecule has 0 spiro atoms. The molecule has 4 heteroatoms. The highest BCUT2D eigenvalue weighted by Crippen LogP contribution is 2.27. The molecule has 0 aliphatic rings. The standard InChI is InChI=1S/C15H17ClN2O/c1-18(15-9-12(16)6-7-14(15)17)10-11-4-3-5-13(8-11)19-2/h3-9H,10,17H2,1-2H3. The van der Waals surface area contributed by atoms with E-state index in [0.29, 0.717) is 5.02 Å². The molecule has 0 saturated carbocycles. The Morgan fingerprint density at radius 1 is 1.21 bits per heavy atom. The van der Waals surface area contributed by atoms with Gasteiger partial charge in [-0.1, -0.05) is 23.7 Å². The minimum atomic E-state index is 0.682. The van der Waals surface area contributed by atoms with Crippen LogP contribution in [0.1, 0.15) is 5.56 Å². The maximum atomic E-state index is 6.01. The van der Waals surface area contributed by atoms with Gasteiger partial charge in [0.1, 0.15) is 5.75 Å². The summed E-state index contributed by atoms with van der Waals surface area (Å²) in [5.41, 5.74) is 8.77. The van der Waals surface area contributed by atoms with Gasteiger partial charge in [-0.25, -0.2) is 0 Å². The minimum absolute atomic E-state index is 0.682. The van der Waals surface area contributed by atoms with E-state index in [-0.39, 0.29) is 0 Å². The first kappa shape index (κ1) is 13.6. The lowest BCUT2D eigenvalue weighted by Gasteiger charge is -2.21. The van der Waals surface area contributed by atoms with Crippen molar-refractivity contribution in [1.29, 1.82) is 0 Å². The van der Waals surface area contributed by atoms with E-state index in [0.717, 1.165) is 29.2 Å². The summed E-state index contributed by atoms with van der Waals surface area (Å²) >= 11 is 6.01. The molecule has 0 amide bonds. The lowest BCUT2D eigenvalue weighted by atomic mass is 10.2. The molecule has 0 aliphatic heterocycles. The quantitative estimate of drug-likeness (QED) is 0.868. The average molecular weight is 277 g/mol. The lowest BCUT2D eigenvalue weighted by Crippen LogP contribution is -2.17. The largest absolute Gasteiger partial charge is 0.497 e. The summed E-state index contributed by atoms with van der Waals surface area (Å²) in [5.74, 6) is 0.852. The van der Waals surface area contributed by atoms with Crippen LogP contribution < -0.4 is 15.4 Å². The van der Waals surface area contributed by atoms with E-state index in [1.165, 1.54) is 0 Å². The van der Waals surface area contributed by atoms with Crippen molar-refractivity contribution < 1.29 is 4.74 Å². The molecule has 0 aliphatic carbocycles. The van der Waals surface area contributed by atoms with Crippen LogP contribution in [0.3, 0.4) is 0 Å². The number of nitrogens with zero attached hydrogens (tertiary/aromatic N) is 1. The fraction of sp³-hybridized carbons (Fsp3) is 0.200. The van der Waals surface area contributed by atoms with Gasteiger partial charge in [0.25, 0.3) is 0 Å². The van der Waals surface area contributed by atoms with Gasteiger partial charge in [0, 0.05) is 18.6 Å². The number of hydrogen-bond acceptors (Lipinski definition) is 3. The van der Waals surface area contributed by atoms with Gasteiger partial charge < -0.3 is 15.4 Å². The second-order valence-corrected chi connectivity index (χ2v) is 4.85. The van der Waals surface area contributed by atoms with Crippen LogP contribution in [0, 0.1) is 0 Å². The van der Waals surface area contributed by atoms with Gasteiger partial charge in [0.05, 0.1) is 18.5 Å². The molecule has 0 saturated heterocycles. The molecule has 0 aromatic heterocycles. The van der Waals surface area contributed by atoms with Crippen LogP contribution in [0.2, 0.25) is 5.02 Å². The zero-order chi connectivity index (χ0) is 13.8. The topological polar surface area (TPSA) is 38.5 Å². The Hall–Kier alpha value is -1.87. The highest BCUT2D eigenvalue weighted by molar-refractivity contribution is 6.31. The molecule has 2 aromatic carbocycles. The monoisotopic (exact) mass is 276 g/mol. The second kappa shape index (κ2) is 5.85. The van der Waals surface area contributed by atoms with Gasteiger partial charge in [-0.3, -0.25) is 0 Å². The fourth-order valence-corrected chi connectivity index (χ4v) is 2.14. The normalized spacial score (nSPS) is 10.3. The van der Waals surface area contributed by atoms with Crippen LogP contribution in [0.25, 0.3) is 0 Å². The van der Waals surface area contributed by atoms with E-state index in [1.54, 1.807) is 13.2 Å². The van der Waals surface area contributed by atoms with Gasteiger partial charge in [-0.05, 0) is 35.9 Å². The number of anilines is 2. The van der Waals surface area contributed by atoms with Crippen molar-refractivity contribution in [2.45, 2.75) is 6.54 Å². The van der Waals surface area contributed by atoms with Crippen LogP contribution in [-0.2, 0) is 6.54 Å². The predicted octanol–water partition coefficient (Wildman–Crippen LogP) is 3.57. The summed E-state index contributed by atoms with van der Waals surface area (Å²) in [6, 6.07) is 13.5. The first-order chi connectivity index (χ1) is 9.10. The number of ether oxygens (including phenoxy) is 1. The number of nitrogen functional groups attached to an aromatic ring is 1. The molecule has 0 bridgehead atoms. The number of halogens is 1. The van der Waals surface area contributed by atoms with Crippen molar-refractivity contribution in [3.63, 3.8) is 0 Å². The van der Waals surface area contributed by atoms with Crippen molar-refractivity contribution >= 4 is 23.0 Å². The number of benzene rings is 2. The molecule has 0 radical (unpaired) electrons. The smallest absolute Gasteiger partial charge is 0.119 e. The van der Waals surface area contributed by atoms with E-state index in [9.17, 15) is 0 Å². The third-order valence-corrected chi connectivity index (χ3v) is 3.19. The van der Waals surface area contributed by atoms with E-state index in [4.69, 9.17) is 22.1 Å². The Balaban J connectivity index is 2.20. The SMILES string of the molecule is COc1cccc(CN(C)c2cc(Cl)ccc2N)c1. The number of hydrogen-bond donors (Lipinski definition) is 1. The van der Waals surface area contributed by atoms with E-state index in [1.807, 2.05) is 37.4 Å². The van der Waals surface area contributed by atoms with E-state index < -0.39 is 0 Å². The number of rotatable bonds is 4. The Morgan fingerprint density at radius 2 is 2.00 bits per heavy atom.